The zero-order valence-corrected chi connectivity index (χ0v) is 21.0. The number of hydrogen-bond donors (Lipinski definition) is 0. The summed E-state index contributed by atoms with van der Waals surface area (Å²) in [6.07, 6.45) is 3.82. The lowest BCUT2D eigenvalue weighted by molar-refractivity contribution is -0.142. The smallest absolute Gasteiger partial charge is 0.393 e. The standard InChI is InChI=1S/C25H33F3N4O2S/c1-34-21(33)10-17-2-4-18(5-3-17)13-31-8-6-24(7-9-31)14-32(15-24)22-20-11-19(12-25(26,27)28)35-23(20)30-16-29-22/h11,16-18H,2-10,12-15H2,1H3. The third kappa shape index (κ3) is 5.74. The van der Waals surface area contributed by atoms with Crippen molar-refractivity contribution < 1.29 is 22.7 Å². The lowest BCUT2D eigenvalue weighted by atomic mass is 9.71. The van der Waals surface area contributed by atoms with Gasteiger partial charge in [-0.05, 0) is 69.5 Å². The molecule has 3 fully saturated rings. The van der Waals surface area contributed by atoms with Gasteiger partial charge in [-0.2, -0.15) is 13.2 Å². The van der Waals surface area contributed by atoms with Gasteiger partial charge < -0.3 is 14.5 Å². The van der Waals surface area contributed by atoms with E-state index in [1.54, 1.807) is 6.07 Å². The van der Waals surface area contributed by atoms with Crippen molar-refractivity contribution in [1.82, 2.24) is 14.9 Å². The molecule has 5 rings (SSSR count). The van der Waals surface area contributed by atoms with Gasteiger partial charge in [0.1, 0.15) is 17.0 Å². The Hall–Kier alpha value is -1.94. The van der Waals surface area contributed by atoms with Crippen LogP contribution in [0.5, 0.6) is 0 Å². The van der Waals surface area contributed by atoms with Crippen molar-refractivity contribution in [3.8, 4) is 0 Å². The fourth-order valence-electron chi connectivity index (χ4n) is 6.17. The molecule has 0 atom stereocenters. The highest BCUT2D eigenvalue weighted by atomic mass is 32.1. The zero-order valence-electron chi connectivity index (χ0n) is 20.1. The molecule has 1 saturated carbocycles. The minimum atomic E-state index is -4.22. The Labute approximate surface area is 207 Å². The SMILES string of the molecule is COC(=O)CC1CCC(CN2CCC3(CC2)CN(c2ncnc4sc(CC(F)(F)F)cc24)C3)CC1. The molecule has 1 aliphatic carbocycles. The second-order valence-electron chi connectivity index (χ2n) is 10.7. The Morgan fingerprint density at radius 1 is 1.14 bits per heavy atom. The van der Waals surface area contributed by atoms with Crippen LogP contribution >= 0.6 is 11.3 Å². The minimum absolute atomic E-state index is 0.0900. The number of hydrogen-bond acceptors (Lipinski definition) is 7. The van der Waals surface area contributed by atoms with Gasteiger partial charge in [0.2, 0.25) is 0 Å². The van der Waals surface area contributed by atoms with Crippen molar-refractivity contribution in [3.63, 3.8) is 0 Å². The van der Waals surface area contributed by atoms with Gasteiger partial charge in [-0.3, -0.25) is 4.79 Å². The number of thiophene rings is 1. The maximum atomic E-state index is 12.8. The molecule has 2 saturated heterocycles. The molecular formula is C25H33F3N4O2S. The zero-order chi connectivity index (χ0) is 24.6. The number of nitrogens with zero attached hydrogens (tertiary/aromatic N) is 4. The number of likely N-dealkylation sites (tertiary alicyclic amines) is 1. The third-order valence-electron chi connectivity index (χ3n) is 8.17. The van der Waals surface area contributed by atoms with E-state index in [-0.39, 0.29) is 16.3 Å². The fraction of sp³-hybridized carbons (Fsp3) is 0.720. The van der Waals surface area contributed by atoms with Crippen molar-refractivity contribution >= 4 is 33.3 Å². The minimum Gasteiger partial charge on any atom is -0.469 e. The van der Waals surface area contributed by atoms with Crippen molar-refractivity contribution in [2.45, 2.75) is 57.5 Å². The molecule has 0 aromatic carbocycles. The Morgan fingerprint density at radius 2 is 1.83 bits per heavy atom. The van der Waals surface area contributed by atoms with Crippen molar-refractivity contribution in [2.24, 2.45) is 17.3 Å². The predicted molar refractivity (Wildman–Crippen MR) is 130 cm³/mol. The largest absolute Gasteiger partial charge is 0.469 e. The van der Waals surface area contributed by atoms with Crippen LogP contribution in [0.3, 0.4) is 0 Å². The normalized spacial score (nSPS) is 25.1. The highest BCUT2D eigenvalue weighted by Crippen LogP contribution is 2.45. The number of anilines is 1. The van der Waals surface area contributed by atoms with Gasteiger partial charge in [0.15, 0.2) is 0 Å². The van der Waals surface area contributed by atoms with Crippen LogP contribution in [-0.2, 0) is 16.0 Å². The molecule has 3 aliphatic rings. The molecule has 10 heteroatoms. The number of carbonyl (C=O) groups excluding carboxylic acids is 1. The Bertz CT molecular complexity index is 1030. The summed E-state index contributed by atoms with van der Waals surface area (Å²) >= 11 is 1.11. The molecule has 0 N–H and O–H groups in total. The van der Waals surface area contributed by atoms with E-state index in [1.807, 2.05) is 0 Å². The van der Waals surface area contributed by atoms with Gasteiger partial charge in [0.05, 0.1) is 18.9 Å². The number of aromatic nitrogens is 2. The summed E-state index contributed by atoms with van der Waals surface area (Å²) in [5.41, 5.74) is 0.288. The number of esters is 1. The van der Waals surface area contributed by atoms with E-state index in [9.17, 15) is 18.0 Å². The number of alkyl halides is 3. The van der Waals surface area contributed by atoms with E-state index >= 15 is 0 Å². The van der Waals surface area contributed by atoms with Gasteiger partial charge in [-0.15, -0.1) is 11.3 Å². The van der Waals surface area contributed by atoms with Gasteiger partial charge >= 0.3 is 12.1 Å². The quantitative estimate of drug-likeness (QED) is 0.506. The summed E-state index contributed by atoms with van der Waals surface area (Å²) in [5, 5.41) is 0.742. The van der Waals surface area contributed by atoms with Crippen LogP contribution in [0.15, 0.2) is 12.4 Å². The number of rotatable bonds is 6. The van der Waals surface area contributed by atoms with Crippen molar-refractivity contribution in [3.05, 3.63) is 17.3 Å². The number of methoxy groups -OCH3 is 1. The number of halogens is 3. The van der Waals surface area contributed by atoms with Crippen LogP contribution in [0.1, 0.15) is 49.8 Å². The number of fused-ring (bicyclic) bond motifs is 1. The molecule has 2 aromatic rings. The molecule has 1 spiro atoms. The summed E-state index contributed by atoms with van der Waals surface area (Å²) in [4.78, 5) is 25.9. The van der Waals surface area contributed by atoms with Crippen LogP contribution in [-0.4, -0.2) is 66.8 Å². The molecule has 0 amide bonds. The molecule has 0 unspecified atom stereocenters. The topological polar surface area (TPSA) is 58.6 Å². The molecule has 192 valence electrons. The molecule has 0 radical (unpaired) electrons. The van der Waals surface area contributed by atoms with E-state index in [4.69, 9.17) is 4.74 Å². The van der Waals surface area contributed by atoms with Crippen LogP contribution < -0.4 is 4.90 Å². The molecule has 0 bridgehead atoms. The van der Waals surface area contributed by atoms with Crippen molar-refractivity contribution in [1.29, 1.82) is 0 Å². The number of ether oxygens (including phenoxy) is 1. The molecule has 2 aliphatic heterocycles. The maximum absolute atomic E-state index is 12.8. The predicted octanol–water partition coefficient (Wildman–Crippen LogP) is 5.07. The van der Waals surface area contributed by atoms with Crippen LogP contribution in [0.4, 0.5) is 19.0 Å². The van der Waals surface area contributed by atoms with E-state index in [2.05, 4.69) is 19.8 Å². The lowest BCUT2D eigenvalue weighted by Crippen LogP contribution is -2.61. The first-order valence-electron chi connectivity index (χ1n) is 12.6. The monoisotopic (exact) mass is 510 g/mol. The summed E-state index contributed by atoms with van der Waals surface area (Å²) < 4.78 is 43.3. The first-order valence-corrected chi connectivity index (χ1v) is 13.4. The second kappa shape index (κ2) is 9.84. The Morgan fingerprint density at radius 3 is 2.49 bits per heavy atom. The number of piperidine rings is 1. The molecule has 4 heterocycles. The average Bonchev–Trinajstić information content (AvgIpc) is 3.20. The maximum Gasteiger partial charge on any atom is 0.393 e. The van der Waals surface area contributed by atoms with Crippen LogP contribution in [0.25, 0.3) is 10.2 Å². The average molecular weight is 511 g/mol. The highest BCUT2D eigenvalue weighted by Gasteiger charge is 2.46. The first-order chi connectivity index (χ1) is 16.7. The van der Waals surface area contributed by atoms with E-state index in [0.29, 0.717) is 17.2 Å². The summed E-state index contributed by atoms with van der Waals surface area (Å²) in [5.74, 6) is 1.88. The van der Waals surface area contributed by atoms with Crippen LogP contribution in [0, 0.1) is 17.3 Å². The van der Waals surface area contributed by atoms with Gasteiger partial charge in [0.25, 0.3) is 0 Å². The Balaban J connectivity index is 1.10. The summed E-state index contributed by atoms with van der Waals surface area (Å²) in [6, 6.07) is 1.62. The van der Waals surface area contributed by atoms with Gasteiger partial charge in [-0.25, -0.2) is 9.97 Å². The van der Waals surface area contributed by atoms with E-state index in [0.717, 1.165) is 86.9 Å². The summed E-state index contributed by atoms with van der Waals surface area (Å²) in [7, 11) is 1.46. The molecule has 35 heavy (non-hydrogen) atoms. The molecule has 6 nitrogen and oxygen atoms in total. The Kier molecular flexibility index (Phi) is 6.96. The summed E-state index contributed by atoms with van der Waals surface area (Å²) in [6.45, 7) is 5.17. The van der Waals surface area contributed by atoms with Gasteiger partial charge in [0, 0.05) is 36.3 Å². The highest BCUT2D eigenvalue weighted by molar-refractivity contribution is 7.18. The van der Waals surface area contributed by atoms with Gasteiger partial charge in [-0.1, -0.05) is 0 Å². The third-order valence-corrected chi connectivity index (χ3v) is 9.21. The van der Waals surface area contributed by atoms with E-state index < -0.39 is 12.6 Å². The lowest BCUT2D eigenvalue weighted by Gasteiger charge is -2.55. The van der Waals surface area contributed by atoms with E-state index in [1.165, 1.54) is 26.3 Å². The van der Waals surface area contributed by atoms with Crippen LogP contribution in [0.2, 0.25) is 0 Å². The molecular weight excluding hydrogens is 477 g/mol. The molecule has 2 aromatic heterocycles. The first kappa shape index (κ1) is 24.7. The second-order valence-corrected chi connectivity index (χ2v) is 11.9. The van der Waals surface area contributed by atoms with Crippen molar-refractivity contribution in [2.75, 3.05) is 44.7 Å². The fourth-order valence-corrected chi connectivity index (χ4v) is 7.19. The number of carbonyl (C=O) groups is 1.